The number of rotatable bonds is 3. The minimum atomic E-state index is -0.576. The lowest BCUT2D eigenvalue weighted by Crippen LogP contribution is -2.16. The fourth-order valence-electron chi connectivity index (χ4n) is 1.63. The van der Waals surface area contributed by atoms with Gasteiger partial charge in [-0.3, -0.25) is 0 Å². The first kappa shape index (κ1) is 11.7. The molecule has 88 valence electrons. The number of nitrogens with two attached hydrogens (primary N) is 1. The lowest BCUT2D eigenvalue weighted by molar-refractivity contribution is 0.544. The van der Waals surface area contributed by atoms with Crippen LogP contribution in [0.4, 0.5) is 8.78 Å². The van der Waals surface area contributed by atoms with Crippen LogP contribution >= 0.6 is 12.2 Å². The van der Waals surface area contributed by atoms with Gasteiger partial charge < -0.3 is 10.3 Å². The van der Waals surface area contributed by atoms with Crippen molar-refractivity contribution < 1.29 is 8.78 Å². The Balaban J connectivity index is 2.38. The molecule has 1 aromatic carbocycles. The van der Waals surface area contributed by atoms with Crippen LogP contribution in [0.3, 0.4) is 0 Å². The molecule has 2 N–H and O–H groups in total. The van der Waals surface area contributed by atoms with Gasteiger partial charge in [0.05, 0.1) is 12.2 Å². The molecule has 17 heavy (non-hydrogen) atoms. The quantitative estimate of drug-likeness (QED) is 0.851. The summed E-state index contributed by atoms with van der Waals surface area (Å²) in [6.07, 6.45) is 1.68. The minimum absolute atomic E-state index is 0.00111. The standard InChI is InChI=1S/C12H10F2N2S/c13-9-3-1-4-10(14)8(9)7-16-6-2-5-11(16)12(15)17/h1-6H,7H2,(H2,15,17). The molecule has 0 atom stereocenters. The molecule has 0 fully saturated rings. The molecule has 0 saturated heterocycles. The lowest BCUT2D eigenvalue weighted by Gasteiger charge is -2.09. The Morgan fingerprint density at radius 3 is 2.41 bits per heavy atom. The predicted molar refractivity (Wildman–Crippen MR) is 65.8 cm³/mol. The summed E-state index contributed by atoms with van der Waals surface area (Å²) in [5, 5.41) is 0. The first-order valence-electron chi connectivity index (χ1n) is 4.97. The van der Waals surface area contributed by atoms with Crippen molar-refractivity contribution in [2.45, 2.75) is 6.54 Å². The van der Waals surface area contributed by atoms with E-state index in [1.165, 1.54) is 18.2 Å². The number of thiocarbonyl (C=S) groups is 1. The highest BCUT2D eigenvalue weighted by Gasteiger charge is 2.11. The predicted octanol–water partition coefficient (Wildman–Crippen LogP) is 2.45. The second kappa shape index (κ2) is 4.63. The Hall–Kier alpha value is -1.75. The van der Waals surface area contributed by atoms with Crippen LogP contribution < -0.4 is 5.73 Å². The number of hydrogen-bond donors (Lipinski definition) is 1. The molecule has 2 rings (SSSR count). The van der Waals surface area contributed by atoms with Gasteiger partial charge in [0.25, 0.3) is 0 Å². The van der Waals surface area contributed by atoms with Gasteiger partial charge in [0.1, 0.15) is 16.6 Å². The molecular formula is C12H10F2N2S. The maximum absolute atomic E-state index is 13.5. The normalized spacial score (nSPS) is 10.5. The minimum Gasteiger partial charge on any atom is -0.388 e. The zero-order chi connectivity index (χ0) is 12.4. The number of nitrogens with zero attached hydrogens (tertiary/aromatic N) is 1. The van der Waals surface area contributed by atoms with E-state index >= 15 is 0 Å². The van der Waals surface area contributed by atoms with Crippen LogP contribution in [-0.2, 0) is 6.54 Å². The average Bonchev–Trinajstić information content (AvgIpc) is 2.72. The Labute approximate surface area is 103 Å². The van der Waals surface area contributed by atoms with E-state index in [0.717, 1.165) is 0 Å². The largest absolute Gasteiger partial charge is 0.388 e. The van der Waals surface area contributed by atoms with Crippen molar-refractivity contribution in [2.75, 3.05) is 0 Å². The van der Waals surface area contributed by atoms with Crippen LogP contribution in [0.1, 0.15) is 11.3 Å². The van der Waals surface area contributed by atoms with Gasteiger partial charge in [0.15, 0.2) is 0 Å². The summed E-state index contributed by atoms with van der Waals surface area (Å²) in [5.41, 5.74) is 6.10. The van der Waals surface area contributed by atoms with Crippen LogP contribution in [-0.4, -0.2) is 9.56 Å². The lowest BCUT2D eigenvalue weighted by atomic mass is 10.2. The highest BCUT2D eigenvalue weighted by molar-refractivity contribution is 7.80. The second-order valence-corrected chi connectivity index (χ2v) is 4.03. The van der Waals surface area contributed by atoms with Crippen molar-refractivity contribution in [3.63, 3.8) is 0 Å². The fourth-order valence-corrected chi connectivity index (χ4v) is 1.81. The van der Waals surface area contributed by atoms with Crippen molar-refractivity contribution in [2.24, 2.45) is 5.73 Å². The van der Waals surface area contributed by atoms with E-state index in [-0.39, 0.29) is 17.1 Å². The van der Waals surface area contributed by atoms with Gasteiger partial charge in [-0.1, -0.05) is 18.3 Å². The topological polar surface area (TPSA) is 30.9 Å². The molecule has 0 bridgehead atoms. The third-order valence-corrected chi connectivity index (χ3v) is 2.68. The van der Waals surface area contributed by atoms with Crippen molar-refractivity contribution in [3.8, 4) is 0 Å². The first-order valence-corrected chi connectivity index (χ1v) is 5.38. The molecule has 2 aromatic rings. The Kier molecular flexibility index (Phi) is 3.19. The zero-order valence-corrected chi connectivity index (χ0v) is 9.68. The molecule has 0 unspecified atom stereocenters. The van der Waals surface area contributed by atoms with Crippen molar-refractivity contribution in [1.82, 2.24) is 4.57 Å². The van der Waals surface area contributed by atoms with E-state index < -0.39 is 11.6 Å². The van der Waals surface area contributed by atoms with Crippen LogP contribution in [0.25, 0.3) is 0 Å². The van der Waals surface area contributed by atoms with Crippen molar-refractivity contribution in [3.05, 3.63) is 59.4 Å². The van der Waals surface area contributed by atoms with E-state index in [1.807, 2.05) is 0 Å². The Morgan fingerprint density at radius 1 is 1.18 bits per heavy atom. The molecule has 1 aromatic heterocycles. The molecule has 0 amide bonds. The van der Waals surface area contributed by atoms with Gasteiger partial charge in [-0.25, -0.2) is 8.78 Å². The fraction of sp³-hybridized carbons (Fsp3) is 0.0833. The summed E-state index contributed by atoms with van der Waals surface area (Å²) >= 11 is 4.85. The highest BCUT2D eigenvalue weighted by atomic mass is 32.1. The Morgan fingerprint density at radius 2 is 1.82 bits per heavy atom. The number of aromatic nitrogens is 1. The van der Waals surface area contributed by atoms with E-state index in [1.54, 1.807) is 22.9 Å². The summed E-state index contributed by atoms with van der Waals surface area (Å²) in [7, 11) is 0. The summed E-state index contributed by atoms with van der Waals surface area (Å²) in [6, 6.07) is 7.22. The number of benzene rings is 1. The van der Waals surface area contributed by atoms with Crippen molar-refractivity contribution >= 4 is 17.2 Å². The maximum atomic E-state index is 13.5. The SMILES string of the molecule is NC(=S)c1cccn1Cc1c(F)cccc1F. The van der Waals surface area contributed by atoms with Crippen LogP contribution in [0, 0.1) is 11.6 Å². The second-order valence-electron chi connectivity index (χ2n) is 3.59. The maximum Gasteiger partial charge on any atom is 0.131 e. The first-order chi connectivity index (χ1) is 8.09. The third-order valence-electron chi connectivity index (χ3n) is 2.47. The molecule has 0 aliphatic heterocycles. The zero-order valence-electron chi connectivity index (χ0n) is 8.86. The third kappa shape index (κ3) is 2.34. The summed E-state index contributed by atoms with van der Waals surface area (Å²) in [4.78, 5) is 0.201. The molecule has 0 aliphatic rings. The molecular weight excluding hydrogens is 242 g/mol. The molecule has 5 heteroatoms. The van der Waals surface area contributed by atoms with Gasteiger partial charge in [-0.2, -0.15) is 0 Å². The molecule has 0 aliphatic carbocycles. The van der Waals surface area contributed by atoms with Gasteiger partial charge in [0.2, 0.25) is 0 Å². The van der Waals surface area contributed by atoms with Gasteiger partial charge in [0, 0.05) is 11.8 Å². The Bertz CT molecular complexity index is 543. The summed E-state index contributed by atoms with van der Waals surface area (Å²) in [6.45, 7) is 0.0676. The number of hydrogen-bond acceptors (Lipinski definition) is 1. The smallest absolute Gasteiger partial charge is 0.131 e. The van der Waals surface area contributed by atoms with E-state index in [2.05, 4.69) is 0 Å². The highest BCUT2D eigenvalue weighted by Crippen LogP contribution is 2.15. The molecule has 0 radical (unpaired) electrons. The monoisotopic (exact) mass is 252 g/mol. The van der Waals surface area contributed by atoms with Crippen LogP contribution in [0.5, 0.6) is 0 Å². The number of halogens is 2. The van der Waals surface area contributed by atoms with Crippen LogP contribution in [0.2, 0.25) is 0 Å². The molecule has 2 nitrogen and oxygen atoms in total. The van der Waals surface area contributed by atoms with E-state index in [9.17, 15) is 8.78 Å². The summed E-state index contributed by atoms with van der Waals surface area (Å²) in [5.74, 6) is -1.15. The van der Waals surface area contributed by atoms with E-state index in [4.69, 9.17) is 18.0 Å². The van der Waals surface area contributed by atoms with Crippen molar-refractivity contribution in [1.29, 1.82) is 0 Å². The van der Waals surface area contributed by atoms with E-state index in [0.29, 0.717) is 5.69 Å². The molecule has 1 heterocycles. The van der Waals surface area contributed by atoms with Gasteiger partial charge in [-0.15, -0.1) is 0 Å². The average molecular weight is 252 g/mol. The van der Waals surface area contributed by atoms with Crippen LogP contribution in [0.15, 0.2) is 36.5 Å². The molecule has 0 spiro atoms. The van der Waals surface area contributed by atoms with Gasteiger partial charge in [-0.05, 0) is 24.3 Å². The molecule has 0 saturated carbocycles. The summed E-state index contributed by atoms with van der Waals surface area (Å²) < 4.78 is 28.5. The van der Waals surface area contributed by atoms with Gasteiger partial charge >= 0.3 is 0 Å².